The molecule has 0 aromatic heterocycles. The summed E-state index contributed by atoms with van der Waals surface area (Å²) in [4.78, 5) is 10.2. The molecule has 0 bridgehead atoms. The van der Waals surface area contributed by atoms with E-state index in [1.807, 2.05) is 6.08 Å². The number of unbranched alkanes of at least 4 members (excludes halogenated alkanes) is 5. The van der Waals surface area contributed by atoms with Crippen LogP contribution in [0.4, 0.5) is 0 Å². The Hall–Kier alpha value is -1.05. The molecule has 0 aliphatic rings. The summed E-state index contributed by atoms with van der Waals surface area (Å²) in [5.74, 6) is -0.682. The maximum absolute atomic E-state index is 10.2. The van der Waals surface area contributed by atoms with Gasteiger partial charge in [-0.1, -0.05) is 44.1 Å². The lowest BCUT2D eigenvalue weighted by molar-refractivity contribution is -0.137. The maximum atomic E-state index is 10.2. The van der Waals surface area contributed by atoms with E-state index in [1.54, 1.807) is 6.08 Å². The number of hydrogen-bond acceptors (Lipinski definition) is 1. The largest absolute Gasteiger partial charge is 0.481 e. The Bertz CT molecular complexity index is 183. The lowest BCUT2D eigenvalue weighted by atomic mass is 10.1. The average molecular weight is 196 g/mol. The first-order valence-electron chi connectivity index (χ1n) is 5.26. The highest BCUT2D eigenvalue weighted by Gasteiger charge is 1.95. The second kappa shape index (κ2) is 10.0. The number of rotatable bonds is 9. The SMILES string of the molecule is C=CC=CCCCCCCCC(=O)O. The van der Waals surface area contributed by atoms with E-state index < -0.39 is 5.97 Å². The molecule has 0 saturated carbocycles. The van der Waals surface area contributed by atoms with Gasteiger partial charge in [-0.3, -0.25) is 4.79 Å². The van der Waals surface area contributed by atoms with Gasteiger partial charge < -0.3 is 5.11 Å². The van der Waals surface area contributed by atoms with Gasteiger partial charge in [0.2, 0.25) is 0 Å². The quantitative estimate of drug-likeness (QED) is 0.452. The molecule has 0 radical (unpaired) electrons. The highest BCUT2D eigenvalue weighted by atomic mass is 16.4. The van der Waals surface area contributed by atoms with E-state index in [1.165, 1.54) is 12.8 Å². The van der Waals surface area contributed by atoms with Gasteiger partial charge in [0, 0.05) is 6.42 Å². The zero-order valence-corrected chi connectivity index (χ0v) is 8.74. The molecule has 0 fully saturated rings. The van der Waals surface area contributed by atoms with Crippen molar-refractivity contribution in [3.63, 3.8) is 0 Å². The highest BCUT2D eigenvalue weighted by molar-refractivity contribution is 5.66. The van der Waals surface area contributed by atoms with Crippen molar-refractivity contribution in [3.8, 4) is 0 Å². The Morgan fingerprint density at radius 1 is 1.14 bits per heavy atom. The third kappa shape index (κ3) is 11.0. The van der Waals surface area contributed by atoms with Crippen LogP contribution in [0.25, 0.3) is 0 Å². The summed E-state index contributed by atoms with van der Waals surface area (Å²) in [6.45, 7) is 3.59. The molecule has 0 heterocycles. The zero-order valence-electron chi connectivity index (χ0n) is 8.74. The predicted octanol–water partition coefficient (Wildman–Crippen LogP) is 3.54. The van der Waals surface area contributed by atoms with Crippen molar-refractivity contribution in [1.82, 2.24) is 0 Å². The number of hydrogen-bond donors (Lipinski definition) is 1. The van der Waals surface area contributed by atoms with Crippen molar-refractivity contribution < 1.29 is 9.90 Å². The predicted molar refractivity (Wildman–Crippen MR) is 59.3 cm³/mol. The van der Waals surface area contributed by atoms with Gasteiger partial charge in [-0.25, -0.2) is 0 Å². The van der Waals surface area contributed by atoms with Gasteiger partial charge in [0.1, 0.15) is 0 Å². The van der Waals surface area contributed by atoms with Crippen LogP contribution < -0.4 is 0 Å². The van der Waals surface area contributed by atoms with Crippen molar-refractivity contribution in [1.29, 1.82) is 0 Å². The van der Waals surface area contributed by atoms with Crippen LogP contribution in [0.2, 0.25) is 0 Å². The van der Waals surface area contributed by atoms with Crippen LogP contribution in [-0.2, 0) is 4.79 Å². The van der Waals surface area contributed by atoms with Gasteiger partial charge >= 0.3 is 5.97 Å². The fourth-order valence-corrected chi connectivity index (χ4v) is 1.26. The molecule has 0 atom stereocenters. The molecule has 0 aliphatic carbocycles. The molecule has 0 unspecified atom stereocenters. The Morgan fingerprint density at radius 3 is 2.43 bits per heavy atom. The van der Waals surface area contributed by atoms with E-state index in [2.05, 4.69) is 12.7 Å². The van der Waals surface area contributed by atoms with Gasteiger partial charge in [0.05, 0.1) is 0 Å². The number of carboxylic acids is 1. The number of aliphatic carboxylic acids is 1. The zero-order chi connectivity index (χ0) is 10.6. The van der Waals surface area contributed by atoms with Gasteiger partial charge in [0.25, 0.3) is 0 Å². The second-order valence-electron chi connectivity index (χ2n) is 3.36. The third-order valence-corrected chi connectivity index (χ3v) is 2.03. The molecular weight excluding hydrogens is 176 g/mol. The summed E-state index contributed by atoms with van der Waals surface area (Å²) >= 11 is 0. The maximum Gasteiger partial charge on any atom is 0.303 e. The summed E-state index contributed by atoms with van der Waals surface area (Å²) in [5.41, 5.74) is 0. The van der Waals surface area contributed by atoms with Crippen LogP contribution in [0, 0.1) is 0 Å². The van der Waals surface area contributed by atoms with E-state index in [9.17, 15) is 4.79 Å². The van der Waals surface area contributed by atoms with Crippen molar-refractivity contribution >= 4 is 5.97 Å². The molecule has 0 aromatic rings. The van der Waals surface area contributed by atoms with Gasteiger partial charge in [0.15, 0.2) is 0 Å². The molecule has 80 valence electrons. The van der Waals surface area contributed by atoms with Crippen LogP contribution in [-0.4, -0.2) is 11.1 Å². The second-order valence-corrected chi connectivity index (χ2v) is 3.36. The van der Waals surface area contributed by atoms with Crippen LogP contribution in [0.1, 0.15) is 44.9 Å². The minimum atomic E-state index is -0.682. The number of carbonyl (C=O) groups is 1. The smallest absolute Gasteiger partial charge is 0.303 e. The average Bonchev–Trinajstić information content (AvgIpc) is 2.15. The molecular formula is C12H20O2. The van der Waals surface area contributed by atoms with Crippen molar-refractivity contribution in [2.24, 2.45) is 0 Å². The fourth-order valence-electron chi connectivity index (χ4n) is 1.26. The normalized spacial score (nSPS) is 10.6. The van der Waals surface area contributed by atoms with E-state index in [4.69, 9.17) is 5.11 Å². The molecule has 0 spiro atoms. The number of allylic oxidation sites excluding steroid dienone is 3. The standard InChI is InChI=1S/C12H20O2/c1-2-3-4-5-6-7-8-9-10-11-12(13)14/h2-4H,1,5-11H2,(H,13,14). The lowest BCUT2D eigenvalue weighted by Gasteiger charge is -1.97. The summed E-state index contributed by atoms with van der Waals surface area (Å²) in [6, 6.07) is 0. The molecule has 0 amide bonds. The highest BCUT2D eigenvalue weighted by Crippen LogP contribution is 2.07. The van der Waals surface area contributed by atoms with Crippen LogP contribution in [0.5, 0.6) is 0 Å². The van der Waals surface area contributed by atoms with Crippen LogP contribution in [0.15, 0.2) is 24.8 Å². The summed E-state index contributed by atoms with van der Waals surface area (Å²) in [7, 11) is 0. The molecule has 0 aromatic carbocycles. The molecule has 1 N–H and O–H groups in total. The Morgan fingerprint density at radius 2 is 1.79 bits per heavy atom. The third-order valence-electron chi connectivity index (χ3n) is 2.03. The Labute approximate surface area is 86.3 Å². The van der Waals surface area contributed by atoms with Crippen molar-refractivity contribution in [3.05, 3.63) is 24.8 Å². The summed E-state index contributed by atoms with van der Waals surface area (Å²) in [6.07, 6.45) is 12.7. The fraction of sp³-hybridized carbons (Fsp3) is 0.583. The van der Waals surface area contributed by atoms with Crippen LogP contribution >= 0.6 is 0 Å². The molecule has 2 heteroatoms. The van der Waals surface area contributed by atoms with E-state index >= 15 is 0 Å². The van der Waals surface area contributed by atoms with Gasteiger partial charge in [-0.05, 0) is 19.3 Å². The first-order valence-corrected chi connectivity index (χ1v) is 5.26. The number of carboxylic acid groups (broad SMARTS) is 1. The van der Waals surface area contributed by atoms with Crippen LogP contribution in [0.3, 0.4) is 0 Å². The Balaban J connectivity index is 3.02. The first kappa shape index (κ1) is 12.9. The summed E-state index contributed by atoms with van der Waals surface area (Å²) in [5, 5.41) is 8.39. The molecule has 0 aliphatic heterocycles. The Kier molecular flexibility index (Phi) is 9.28. The minimum Gasteiger partial charge on any atom is -0.481 e. The van der Waals surface area contributed by atoms with E-state index in [0.29, 0.717) is 6.42 Å². The lowest BCUT2D eigenvalue weighted by Crippen LogP contribution is -1.93. The minimum absolute atomic E-state index is 0.316. The molecule has 0 saturated heterocycles. The van der Waals surface area contributed by atoms with Gasteiger partial charge in [-0.15, -0.1) is 0 Å². The monoisotopic (exact) mass is 196 g/mol. The van der Waals surface area contributed by atoms with Crippen molar-refractivity contribution in [2.75, 3.05) is 0 Å². The van der Waals surface area contributed by atoms with Crippen molar-refractivity contribution in [2.45, 2.75) is 44.9 Å². The van der Waals surface area contributed by atoms with Gasteiger partial charge in [-0.2, -0.15) is 0 Å². The molecule has 14 heavy (non-hydrogen) atoms. The summed E-state index contributed by atoms with van der Waals surface area (Å²) < 4.78 is 0. The molecule has 2 nitrogen and oxygen atoms in total. The molecule has 0 rings (SSSR count). The van der Waals surface area contributed by atoms with E-state index in [-0.39, 0.29) is 0 Å². The van der Waals surface area contributed by atoms with E-state index in [0.717, 1.165) is 25.7 Å². The topological polar surface area (TPSA) is 37.3 Å². The first-order chi connectivity index (χ1) is 6.77.